The molecule has 4 amide bonds. The molecule has 0 saturated carbocycles. The van der Waals surface area contributed by atoms with Crippen molar-refractivity contribution in [3.63, 3.8) is 0 Å². The van der Waals surface area contributed by atoms with E-state index >= 15 is 0 Å². The van der Waals surface area contributed by atoms with Crippen molar-refractivity contribution >= 4 is 23.8 Å². The van der Waals surface area contributed by atoms with E-state index in [1.807, 2.05) is 0 Å². The highest BCUT2D eigenvalue weighted by atomic mass is 16.4. The van der Waals surface area contributed by atoms with Gasteiger partial charge in [-0.1, -0.05) is 13.8 Å². The molecular weight excluding hydrogens is 266 g/mol. The molecule has 1 aliphatic heterocycles. The highest BCUT2D eigenvalue weighted by Crippen LogP contribution is 2.09. The summed E-state index contributed by atoms with van der Waals surface area (Å²) in [6.07, 6.45) is 0.341. The second-order valence-corrected chi connectivity index (χ2v) is 4.85. The molecule has 0 spiro atoms. The number of nitrogens with zero attached hydrogens (tertiary/aromatic N) is 1. The van der Waals surface area contributed by atoms with Crippen LogP contribution in [0.4, 0.5) is 4.79 Å². The highest BCUT2D eigenvalue weighted by Gasteiger charge is 2.35. The van der Waals surface area contributed by atoms with Crippen LogP contribution in [0.25, 0.3) is 0 Å². The molecule has 0 aromatic carbocycles. The highest BCUT2D eigenvalue weighted by molar-refractivity contribution is 6.04. The van der Waals surface area contributed by atoms with Gasteiger partial charge in [-0.15, -0.1) is 0 Å². The Hall–Kier alpha value is -2.12. The van der Waals surface area contributed by atoms with Crippen molar-refractivity contribution in [1.29, 1.82) is 0 Å². The van der Waals surface area contributed by atoms with Gasteiger partial charge in [0.1, 0.15) is 12.6 Å². The third-order valence-corrected chi connectivity index (χ3v) is 3.03. The molecule has 8 heteroatoms. The Kier molecular flexibility index (Phi) is 5.48. The minimum absolute atomic E-state index is 0.0586. The Morgan fingerprint density at radius 2 is 2.15 bits per heavy atom. The molecule has 1 fully saturated rings. The Labute approximate surface area is 116 Å². The number of carboxylic acids is 1. The summed E-state index contributed by atoms with van der Waals surface area (Å²) in [4.78, 5) is 46.6. The van der Waals surface area contributed by atoms with Crippen LogP contribution in [0.15, 0.2) is 0 Å². The van der Waals surface area contributed by atoms with Crippen molar-refractivity contribution in [2.24, 2.45) is 5.92 Å². The van der Waals surface area contributed by atoms with Crippen molar-refractivity contribution in [2.45, 2.75) is 32.7 Å². The standard InChI is InChI=1S/C12H19N3O5/c1-3-8-11(19)14-9(16)6-15(8)12(20)13-5-7(2)4-10(17)18/h7-8H,3-6H2,1-2H3,(H,13,20)(H,17,18)(H,14,16,19). The Morgan fingerprint density at radius 3 is 2.70 bits per heavy atom. The monoisotopic (exact) mass is 285 g/mol. The minimum Gasteiger partial charge on any atom is -0.481 e. The van der Waals surface area contributed by atoms with Crippen LogP contribution in [-0.4, -0.2) is 53.0 Å². The summed E-state index contributed by atoms with van der Waals surface area (Å²) in [5.41, 5.74) is 0. The number of carbonyl (C=O) groups is 4. The molecule has 0 aromatic rings. The van der Waals surface area contributed by atoms with E-state index in [-0.39, 0.29) is 25.4 Å². The predicted octanol–water partition coefficient (Wildman–Crippen LogP) is -0.456. The molecular formula is C12H19N3O5. The van der Waals surface area contributed by atoms with Crippen LogP contribution in [0, 0.1) is 5.92 Å². The van der Waals surface area contributed by atoms with Gasteiger partial charge in [-0.2, -0.15) is 0 Å². The van der Waals surface area contributed by atoms with E-state index in [9.17, 15) is 19.2 Å². The zero-order valence-corrected chi connectivity index (χ0v) is 11.5. The Bertz CT molecular complexity index is 423. The molecule has 0 aliphatic carbocycles. The lowest BCUT2D eigenvalue weighted by atomic mass is 10.1. The molecule has 0 radical (unpaired) electrons. The van der Waals surface area contributed by atoms with Crippen LogP contribution in [0.1, 0.15) is 26.7 Å². The summed E-state index contributed by atoms with van der Waals surface area (Å²) < 4.78 is 0. The molecule has 1 heterocycles. The van der Waals surface area contributed by atoms with Gasteiger partial charge >= 0.3 is 12.0 Å². The fourth-order valence-electron chi connectivity index (χ4n) is 2.02. The molecule has 20 heavy (non-hydrogen) atoms. The maximum absolute atomic E-state index is 12.0. The van der Waals surface area contributed by atoms with Crippen LogP contribution >= 0.6 is 0 Å². The number of imide groups is 1. The van der Waals surface area contributed by atoms with Gasteiger partial charge in [0.25, 0.3) is 0 Å². The number of aliphatic carboxylic acids is 1. The van der Waals surface area contributed by atoms with Crippen molar-refractivity contribution < 1.29 is 24.3 Å². The molecule has 0 aromatic heterocycles. The molecule has 112 valence electrons. The molecule has 3 N–H and O–H groups in total. The number of piperazine rings is 1. The molecule has 1 aliphatic rings. The number of carbonyl (C=O) groups excluding carboxylic acids is 3. The fourth-order valence-corrected chi connectivity index (χ4v) is 2.02. The van der Waals surface area contributed by atoms with E-state index in [1.165, 1.54) is 4.90 Å². The van der Waals surface area contributed by atoms with Gasteiger partial charge in [-0.25, -0.2) is 4.79 Å². The van der Waals surface area contributed by atoms with Crippen molar-refractivity contribution in [1.82, 2.24) is 15.5 Å². The fraction of sp³-hybridized carbons (Fsp3) is 0.667. The first kappa shape index (κ1) is 15.9. The first-order valence-corrected chi connectivity index (χ1v) is 6.45. The smallest absolute Gasteiger partial charge is 0.318 e. The summed E-state index contributed by atoms with van der Waals surface area (Å²) in [5.74, 6) is -2.18. The number of hydrogen-bond acceptors (Lipinski definition) is 4. The van der Waals surface area contributed by atoms with Gasteiger partial charge in [0, 0.05) is 13.0 Å². The SMILES string of the molecule is CCC1C(=O)NC(=O)CN1C(=O)NCC(C)CC(=O)O. The largest absolute Gasteiger partial charge is 0.481 e. The van der Waals surface area contributed by atoms with Crippen molar-refractivity contribution in [2.75, 3.05) is 13.1 Å². The van der Waals surface area contributed by atoms with Crippen LogP contribution in [0.2, 0.25) is 0 Å². The summed E-state index contributed by atoms with van der Waals surface area (Å²) in [5, 5.41) is 13.4. The number of nitrogens with one attached hydrogen (secondary N) is 2. The third kappa shape index (κ3) is 4.22. The van der Waals surface area contributed by atoms with Crippen LogP contribution in [0.3, 0.4) is 0 Å². The number of amides is 4. The van der Waals surface area contributed by atoms with Gasteiger partial charge in [0.05, 0.1) is 0 Å². The maximum Gasteiger partial charge on any atom is 0.318 e. The van der Waals surface area contributed by atoms with E-state index in [2.05, 4.69) is 10.6 Å². The number of carboxylic acid groups (broad SMARTS) is 1. The maximum atomic E-state index is 12.0. The third-order valence-electron chi connectivity index (χ3n) is 3.03. The van der Waals surface area contributed by atoms with Gasteiger partial charge < -0.3 is 15.3 Å². The molecule has 0 bridgehead atoms. The summed E-state index contributed by atoms with van der Waals surface area (Å²) in [7, 11) is 0. The van der Waals surface area contributed by atoms with Gasteiger partial charge in [-0.3, -0.25) is 19.7 Å². The van der Waals surface area contributed by atoms with E-state index in [4.69, 9.17) is 5.11 Å². The second kappa shape index (κ2) is 6.88. The summed E-state index contributed by atoms with van der Waals surface area (Å²) >= 11 is 0. The zero-order valence-electron chi connectivity index (χ0n) is 11.5. The number of hydrogen-bond donors (Lipinski definition) is 3. The van der Waals surface area contributed by atoms with Gasteiger partial charge in [0.15, 0.2) is 0 Å². The average Bonchev–Trinajstić information content (AvgIpc) is 2.34. The second-order valence-electron chi connectivity index (χ2n) is 4.85. The predicted molar refractivity (Wildman–Crippen MR) is 68.8 cm³/mol. The first-order valence-electron chi connectivity index (χ1n) is 6.45. The minimum atomic E-state index is -0.939. The topological polar surface area (TPSA) is 116 Å². The van der Waals surface area contributed by atoms with Crippen LogP contribution in [-0.2, 0) is 14.4 Å². The van der Waals surface area contributed by atoms with E-state index in [0.29, 0.717) is 6.42 Å². The van der Waals surface area contributed by atoms with E-state index in [1.54, 1.807) is 13.8 Å². The van der Waals surface area contributed by atoms with Crippen LogP contribution in [0.5, 0.6) is 0 Å². The Morgan fingerprint density at radius 1 is 1.50 bits per heavy atom. The van der Waals surface area contributed by atoms with Crippen molar-refractivity contribution in [3.8, 4) is 0 Å². The molecule has 8 nitrogen and oxygen atoms in total. The number of rotatable bonds is 5. The van der Waals surface area contributed by atoms with E-state index < -0.39 is 29.9 Å². The lowest BCUT2D eigenvalue weighted by Crippen LogP contribution is -2.61. The molecule has 1 rings (SSSR count). The van der Waals surface area contributed by atoms with E-state index in [0.717, 1.165) is 0 Å². The summed E-state index contributed by atoms with van der Waals surface area (Å²) in [6, 6.07) is -1.21. The average molecular weight is 285 g/mol. The van der Waals surface area contributed by atoms with Gasteiger partial charge in [-0.05, 0) is 12.3 Å². The van der Waals surface area contributed by atoms with Gasteiger partial charge in [0.2, 0.25) is 11.8 Å². The molecule has 2 atom stereocenters. The molecule has 2 unspecified atom stereocenters. The number of urea groups is 1. The van der Waals surface area contributed by atoms with Crippen LogP contribution < -0.4 is 10.6 Å². The zero-order chi connectivity index (χ0) is 15.3. The Balaban J connectivity index is 2.58. The quantitative estimate of drug-likeness (QED) is 0.591. The summed E-state index contributed by atoms with van der Waals surface area (Å²) in [6.45, 7) is 3.43. The lowest BCUT2D eigenvalue weighted by molar-refractivity contribution is -0.139. The van der Waals surface area contributed by atoms with Crippen molar-refractivity contribution in [3.05, 3.63) is 0 Å². The lowest BCUT2D eigenvalue weighted by Gasteiger charge is -2.33. The molecule has 1 saturated heterocycles. The normalized spacial score (nSPS) is 20.3. The first-order chi connectivity index (χ1) is 9.35.